The van der Waals surface area contributed by atoms with Crippen LogP contribution in [0.4, 0.5) is 0 Å². The normalized spacial score (nSPS) is 11.2. The fourth-order valence-corrected chi connectivity index (χ4v) is 0.357. The molecule has 0 aromatic heterocycles. The molecule has 10 heavy (non-hydrogen) atoms. The van der Waals surface area contributed by atoms with Crippen molar-refractivity contribution in [1.82, 2.24) is 10.9 Å². The quantitative estimate of drug-likeness (QED) is 0.465. The minimum Gasteiger partial charge on any atom is -0.290 e. The van der Waals surface area contributed by atoms with Gasteiger partial charge < -0.3 is 0 Å². The minimum atomic E-state index is -0.211. The van der Waals surface area contributed by atoms with Crippen LogP contribution in [0.5, 0.6) is 0 Å². The van der Waals surface area contributed by atoms with E-state index in [1.165, 1.54) is 0 Å². The fraction of sp³-hybridized carbons (Fsp3) is 0.833. The average Bonchev–Trinajstić information content (AvgIpc) is 1.81. The van der Waals surface area contributed by atoms with Crippen LogP contribution in [0.25, 0.3) is 0 Å². The van der Waals surface area contributed by atoms with Gasteiger partial charge in [-0.25, -0.2) is 5.43 Å². The predicted octanol–water partition coefficient (Wildman–Crippen LogP) is 0.644. The smallest absolute Gasteiger partial charge is 0.249 e. The van der Waals surface area contributed by atoms with Crippen molar-refractivity contribution >= 4 is 17.5 Å². The second-order valence-electron chi connectivity index (χ2n) is 3.06. The van der Waals surface area contributed by atoms with Crippen molar-refractivity contribution in [3.63, 3.8) is 0 Å². The zero-order chi connectivity index (χ0) is 8.20. The first kappa shape index (κ1) is 9.72. The third-order valence-corrected chi connectivity index (χ3v) is 0.941. The maximum absolute atomic E-state index is 10.6. The third-order valence-electron chi connectivity index (χ3n) is 0.698. The fourth-order valence-electron chi connectivity index (χ4n) is 0.291. The van der Waals surface area contributed by atoms with Crippen LogP contribution in [0.2, 0.25) is 0 Å². The molecule has 0 aromatic rings. The van der Waals surface area contributed by atoms with Crippen LogP contribution in [-0.2, 0) is 4.79 Å². The molecule has 0 rings (SSSR count). The molecule has 4 heteroatoms. The lowest BCUT2D eigenvalue weighted by atomic mass is 10.1. The number of rotatable bonds is 2. The van der Waals surface area contributed by atoms with Gasteiger partial charge in [0.25, 0.3) is 0 Å². The molecule has 0 spiro atoms. The summed E-state index contributed by atoms with van der Waals surface area (Å²) >= 11 is 5.23. The molecular weight excluding hydrogens is 152 g/mol. The molecule has 0 aliphatic rings. The third kappa shape index (κ3) is 5.85. The van der Waals surface area contributed by atoms with Gasteiger partial charge in [0.15, 0.2) is 0 Å². The van der Waals surface area contributed by atoms with E-state index in [0.717, 1.165) is 0 Å². The summed E-state index contributed by atoms with van der Waals surface area (Å²) in [7, 11) is 0. The van der Waals surface area contributed by atoms with E-state index in [-0.39, 0.29) is 17.3 Å². The van der Waals surface area contributed by atoms with E-state index in [4.69, 9.17) is 11.6 Å². The Balaban J connectivity index is 3.46. The van der Waals surface area contributed by atoms with Crippen LogP contribution in [0.3, 0.4) is 0 Å². The van der Waals surface area contributed by atoms with E-state index in [9.17, 15) is 4.79 Å². The van der Waals surface area contributed by atoms with Gasteiger partial charge in [-0.05, 0) is 20.8 Å². The average molecular weight is 165 g/mol. The highest BCUT2D eigenvalue weighted by Crippen LogP contribution is 1.94. The highest BCUT2D eigenvalue weighted by Gasteiger charge is 2.09. The van der Waals surface area contributed by atoms with Gasteiger partial charge in [0, 0.05) is 5.54 Å². The topological polar surface area (TPSA) is 41.1 Å². The van der Waals surface area contributed by atoms with Crippen LogP contribution in [0, 0.1) is 0 Å². The molecule has 0 unspecified atom stereocenters. The Morgan fingerprint density at radius 2 is 2.00 bits per heavy atom. The number of hydrazine groups is 1. The van der Waals surface area contributed by atoms with E-state index in [0.29, 0.717) is 0 Å². The van der Waals surface area contributed by atoms with E-state index >= 15 is 0 Å². The van der Waals surface area contributed by atoms with Crippen LogP contribution >= 0.6 is 11.6 Å². The molecule has 0 fully saturated rings. The monoisotopic (exact) mass is 164 g/mol. The van der Waals surface area contributed by atoms with Crippen molar-refractivity contribution in [3.05, 3.63) is 0 Å². The van der Waals surface area contributed by atoms with Crippen molar-refractivity contribution in [1.29, 1.82) is 0 Å². The molecule has 2 N–H and O–H groups in total. The van der Waals surface area contributed by atoms with E-state index in [1.54, 1.807) is 0 Å². The largest absolute Gasteiger partial charge is 0.290 e. The number of carbonyl (C=O) groups is 1. The summed E-state index contributed by atoms with van der Waals surface area (Å²) in [4.78, 5) is 10.6. The molecule has 0 saturated carbocycles. The van der Waals surface area contributed by atoms with Gasteiger partial charge in [0.2, 0.25) is 5.91 Å². The first-order valence-corrected chi connectivity index (χ1v) is 3.61. The molecule has 0 aromatic carbocycles. The summed E-state index contributed by atoms with van der Waals surface area (Å²) in [5.41, 5.74) is 5.13. The molecule has 0 bridgehead atoms. The second kappa shape index (κ2) is 3.78. The first-order valence-electron chi connectivity index (χ1n) is 3.07. The van der Waals surface area contributed by atoms with E-state index < -0.39 is 0 Å². The van der Waals surface area contributed by atoms with Gasteiger partial charge in [-0.1, -0.05) is 0 Å². The second-order valence-corrected chi connectivity index (χ2v) is 3.32. The highest BCUT2D eigenvalue weighted by molar-refractivity contribution is 6.27. The van der Waals surface area contributed by atoms with Crippen molar-refractivity contribution in [2.75, 3.05) is 5.88 Å². The molecule has 0 aliphatic heterocycles. The summed E-state index contributed by atoms with van der Waals surface area (Å²) in [6, 6.07) is 0. The molecule has 1 amide bonds. The highest BCUT2D eigenvalue weighted by atomic mass is 35.5. The van der Waals surface area contributed by atoms with Gasteiger partial charge in [-0.15, -0.1) is 11.6 Å². The number of hydrogen-bond acceptors (Lipinski definition) is 2. The number of hydrogen-bond donors (Lipinski definition) is 2. The standard InChI is InChI=1S/C6H13ClN2O/c1-6(2,3)9-8-5(10)4-7/h9H,4H2,1-3H3,(H,8,10). The number of amides is 1. The van der Waals surface area contributed by atoms with Crippen molar-refractivity contribution in [2.45, 2.75) is 26.3 Å². The Bertz CT molecular complexity index is 119. The Hall–Kier alpha value is -0.280. The molecule has 60 valence electrons. The summed E-state index contributed by atoms with van der Waals surface area (Å²) in [5, 5.41) is 0. The molecule has 0 heterocycles. The van der Waals surface area contributed by atoms with Crippen molar-refractivity contribution in [2.24, 2.45) is 0 Å². The predicted molar refractivity (Wildman–Crippen MR) is 41.8 cm³/mol. The van der Waals surface area contributed by atoms with Crippen LogP contribution in [-0.4, -0.2) is 17.3 Å². The van der Waals surface area contributed by atoms with Gasteiger partial charge in [0.1, 0.15) is 5.88 Å². The van der Waals surface area contributed by atoms with Crippen LogP contribution in [0.1, 0.15) is 20.8 Å². The van der Waals surface area contributed by atoms with E-state index in [1.807, 2.05) is 20.8 Å². The molecule has 3 nitrogen and oxygen atoms in total. The summed E-state index contributed by atoms with van der Waals surface area (Å²) in [5.74, 6) is -0.222. The number of alkyl halides is 1. The number of halogens is 1. The lowest BCUT2D eigenvalue weighted by Gasteiger charge is -2.20. The Kier molecular flexibility index (Phi) is 3.68. The van der Waals surface area contributed by atoms with Crippen molar-refractivity contribution in [3.8, 4) is 0 Å². The maximum Gasteiger partial charge on any atom is 0.249 e. The summed E-state index contributed by atoms with van der Waals surface area (Å²) in [6.07, 6.45) is 0. The molecular formula is C6H13ClN2O. The molecule has 0 saturated heterocycles. The molecule has 0 radical (unpaired) electrons. The first-order chi connectivity index (χ1) is 4.45. The zero-order valence-corrected chi connectivity index (χ0v) is 7.25. The Morgan fingerprint density at radius 3 is 2.30 bits per heavy atom. The zero-order valence-electron chi connectivity index (χ0n) is 6.49. The molecule has 0 aliphatic carbocycles. The number of nitrogens with one attached hydrogen (secondary N) is 2. The SMILES string of the molecule is CC(C)(C)NNC(=O)CCl. The van der Waals surface area contributed by atoms with Gasteiger partial charge in [-0.2, -0.15) is 0 Å². The Labute approximate surface area is 66.1 Å². The summed E-state index contributed by atoms with van der Waals surface area (Å²) < 4.78 is 0. The minimum absolute atomic E-state index is 0.0108. The van der Waals surface area contributed by atoms with Crippen LogP contribution < -0.4 is 10.9 Å². The van der Waals surface area contributed by atoms with Gasteiger partial charge in [0.05, 0.1) is 0 Å². The van der Waals surface area contributed by atoms with Gasteiger partial charge >= 0.3 is 0 Å². The Morgan fingerprint density at radius 1 is 1.50 bits per heavy atom. The van der Waals surface area contributed by atoms with Crippen LogP contribution in [0.15, 0.2) is 0 Å². The van der Waals surface area contributed by atoms with Crippen molar-refractivity contribution < 1.29 is 4.79 Å². The lowest BCUT2D eigenvalue weighted by Crippen LogP contribution is -2.49. The summed E-state index contributed by atoms with van der Waals surface area (Å²) in [6.45, 7) is 5.84. The molecule has 0 atom stereocenters. The maximum atomic E-state index is 10.6. The van der Waals surface area contributed by atoms with Gasteiger partial charge in [-0.3, -0.25) is 10.2 Å². The lowest BCUT2D eigenvalue weighted by molar-refractivity contribution is -0.120. The van der Waals surface area contributed by atoms with E-state index in [2.05, 4.69) is 10.9 Å². The number of carbonyl (C=O) groups excluding carboxylic acids is 1.